The van der Waals surface area contributed by atoms with Crippen molar-refractivity contribution in [3.63, 3.8) is 0 Å². The van der Waals surface area contributed by atoms with Crippen molar-refractivity contribution in [1.82, 2.24) is 25.8 Å². The summed E-state index contributed by atoms with van der Waals surface area (Å²) in [7, 11) is 1.25. The number of aliphatic hydroxyl groups is 2. The number of carbonyl (C=O) groups is 4. The molecule has 16 nitrogen and oxygen atoms in total. The molecule has 3 aromatic rings. The van der Waals surface area contributed by atoms with E-state index in [0.29, 0.717) is 79.5 Å². The molecule has 3 aliphatic rings. The van der Waals surface area contributed by atoms with Gasteiger partial charge in [-0.2, -0.15) is 0 Å². The third-order valence-electron chi connectivity index (χ3n) is 11.7. The predicted octanol–water partition coefficient (Wildman–Crippen LogP) is 6.23. The summed E-state index contributed by atoms with van der Waals surface area (Å²) in [5.41, 5.74) is 1.55. The molecule has 0 spiro atoms. The number of carbonyl (C=O) groups excluding carboxylic acids is 4. The summed E-state index contributed by atoms with van der Waals surface area (Å²) in [6.45, 7) is 6.46. The number of halogens is 4. The summed E-state index contributed by atoms with van der Waals surface area (Å²) in [4.78, 5) is 58.0. The minimum atomic E-state index is -5.10. The summed E-state index contributed by atoms with van der Waals surface area (Å²) >= 11 is 6.58. The van der Waals surface area contributed by atoms with Crippen LogP contribution in [-0.4, -0.2) is 116 Å². The lowest BCUT2D eigenvalue weighted by Gasteiger charge is -2.35. The van der Waals surface area contributed by atoms with E-state index in [4.69, 9.17) is 21.1 Å². The van der Waals surface area contributed by atoms with Gasteiger partial charge in [-0.15, -0.1) is 13.2 Å². The van der Waals surface area contributed by atoms with E-state index in [0.717, 1.165) is 6.07 Å². The predicted molar refractivity (Wildman–Crippen MR) is 245 cm³/mol. The minimum Gasteiger partial charge on any atom is -0.453 e. The van der Waals surface area contributed by atoms with Crippen molar-refractivity contribution in [2.75, 3.05) is 63.8 Å². The molecule has 0 radical (unpaired) electrons. The van der Waals surface area contributed by atoms with Gasteiger partial charge in [0.05, 0.1) is 48.1 Å². The number of aliphatic hydroxyl groups excluding tert-OH is 2. The Kier molecular flexibility index (Phi) is 16.6. The van der Waals surface area contributed by atoms with Gasteiger partial charge in [0, 0.05) is 67.6 Å². The molecule has 1 aromatic heterocycles. The van der Waals surface area contributed by atoms with Gasteiger partial charge >= 0.3 is 12.5 Å². The molecule has 4 heterocycles. The average Bonchev–Trinajstić information content (AvgIpc) is 3.57. The minimum absolute atomic E-state index is 0.0178. The topological polar surface area (TPSA) is 213 Å². The molecule has 0 aliphatic carbocycles. The molecule has 20 heteroatoms. The third-order valence-corrected chi connectivity index (χ3v) is 12.0. The zero-order valence-electron chi connectivity index (χ0n) is 37.5. The van der Waals surface area contributed by atoms with Crippen molar-refractivity contribution in [1.29, 1.82) is 0 Å². The molecule has 67 heavy (non-hydrogen) atoms. The second kappa shape index (κ2) is 22.1. The SMILES string of the molecule is COC(=O)N[C@H](C(=O)N1C[C@@H](C)C[C@H]1C1=CC=CC(c2ccc(-c3cc(Cl)c(NC(=O)c4ccc(NCCNC(=O)C(C)(C)CO)nc4)cc3OC(F)(F)F)cc2)=C(CO)N1)C1CCOCC1. The highest BCUT2D eigenvalue weighted by atomic mass is 35.5. The maximum atomic E-state index is 14.3. The normalized spacial score (nSPS) is 18.3. The van der Waals surface area contributed by atoms with Crippen LogP contribution in [0.2, 0.25) is 5.02 Å². The van der Waals surface area contributed by atoms with E-state index < -0.39 is 48.2 Å². The van der Waals surface area contributed by atoms with Gasteiger partial charge in [-0.3, -0.25) is 14.4 Å². The monoisotopic (exact) mass is 953 g/mol. The summed E-state index contributed by atoms with van der Waals surface area (Å²) in [6.07, 6.45) is 2.67. The van der Waals surface area contributed by atoms with Crippen LogP contribution in [-0.2, 0) is 19.1 Å². The van der Waals surface area contributed by atoms with Gasteiger partial charge in [-0.1, -0.05) is 54.9 Å². The number of rotatable bonds is 16. The summed E-state index contributed by atoms with van der Waals surface area (Å²) < 4.78 is 56.3. The molecule has 2 fully saturated rings. The van der Waals surface area contributed by atoms with Crippen molar-refractivity contribution in [2.45, 2.75) is 58.5 Å². The Morgan fingerprint density at radius 1 is 1.03 bits per heavy atom. The number of nitrogens with zero attached hydrogens (tertiary/aromatic N) is 2. The lowest BCUT2D eigenvalue weighted by molar-refractivity contribution is -0.274. The lowest BCUT2D eigenvalue weighted by atomic mass is 9.90. The summed E-state index contributed by atoms with van der Waals surface area (Å²) in [6, 6.07) is 10.5. The number of pyridine rings is 1. The number of allylic oxidation sites excluding steroid dienone is 4. The van der Waals surface area contributed by atoms with Crippen LogP contribution in [0, 0.1) is 17.3 Å². The van der Waals surface area contributed by atoms with Crippen LogP contribution in [0.5, 0.6) is 5.75 Å². The highest BCUT2D eigenvalue weighted by Gasteiger charge is 2.42. The Morgan fingerprint density at radius 2 is 1.75 bits per heavy atom. The molecule has 7 N–H and O–H groups in total. The Balaban J connectivity index is 1.17. The van der Waals surface area contributed by atoms with E-state index in [1.165, 1.54) is 31.5 Å². The Bertz CT molecular complexity index is 2370. The molecule has 3 atom stereocenters. The zero-order chi connectivity index (χ0) is 48.5. The Morgan fingerprint density at radius 3 is 2.39 bits per heavy atom. The largest absolute Gasteiger partial charge is 0.573 e. The third kappa shape index (κ3) is 12.8. The van der Waals surface area contributed by atoms with Crippen LogP contribution in [0.25, 0.3) is 16.7 Å². The summed E-state index contributed by atoms with van der Waals surface area (Å²) in [5, 5.41) is 34.3. The van der Waals surface area contributed by atoms with E-state index in [1.807, 2.05) is 13.0 Å². The highest BCUT2D eigenvalue weighted by Crippen LogP contribution is 2.41. The van der Waals surface area contributed by atoms with Gasteiger partial charge < -0.3 is 55.9 Å². The maximum absolute atomic E-state index is 14.3. The van der Waals surface area contributed by atoms with E-state index in [9.17, 15) is 42.6 Å². The molecule has 2 aromatic carbocycles. The first-order valence-corrected chi connectivity index (χ1v) is 22.1. The van der Waals surface area contributed by atoms with E-state index in [2.05, 4.69) is 36.3 Å². The molecule has 6 rings (SSSR count). The molecular formula is C47H55ClF3N7O9. The van der Waals surface area contributed by atoms with Crippen molar-refractivity contribution in [3.8, 4) is 16.9 Å². The number of methoxy groups -OCH3 is 1. The number of anilines is 2. The van der Waals surface area contributed by atoms with E-state index >= 15 is 0 Å². The molecule has 0 unspecified atom stereocenters. The van der Waals surface area contributed by atoms with Crippen molar-refractivity contribution >= 4 is 52.5 Å². The highest BCUT2D eigenvalue weighted by molar-refractivity contribution is 6.34. The van der Waals surface area contributed by atoms with Crippen LogP contribution in [0.3, 0.4) is 0 Å². The van der Waals surface area contributed by atoms with Gasteiger partial charge in [0.1, 0.15) is 17.6 Å². The van der Waals surface area contributed by atoms with E-state index in [1.54, 1.807) is 55.2 Å². The number of alkyl halides is 3. The second-order valence-electron chi connectivity index (χ2n) is 17.1. The number of ether oxygens (including phenoxy) is 3. The van der Waals surface area contributed by atoms with Crippen LogP contribution in [0.15, 0.2) is 84.3 Å². The van der Waals surface area contributed by atoms with Crippen molar-refractivity contribution < 1.29 is 56.8 Å². The fourth-order valence-electron chi connectivity index (χ4n) is 8.02. The number of hydrogen-bond acceptors (Lipinski definition) is 12. The fourth-order valence-corrected chi connectivity index (χ4v) is 8.23. The standard InChI is InChI=1S/C47H55ClF3N7O9/c1-27-20-38(58(24-27)43(62)41(57-45(64)65-4)30-14-18-66-19-15-30)35-7-5-6-32(37(25-59)55-35)28-8-10-29(11-9-28)33-21-34(48)36(22-39(33)67-47(49,50)51)56-42(61)31-12-13-40(54-23-31)52-16-17-53-44(63)46(2,3)26-60/h5-13,21-23,27,30,38,41,55,59-60H,14-20,24-26H2,1-4H3,(H,52,54)(H,53,63)(H,56,61)(H,57,64)/t27-,38-,41-/m0/s1. The van der Waals surface area contributed by atoms with Gasteiger partial charge in [-0.05, 0) is 80.3 Å². The number of aromatic nitrogens is 1. The molecule has 2 saturated heterocycles. The van der Waals surface area contributed by atoms with Crippen LogP contribution in [0.4, 0.5) is 29.5 Å². The number of likely N-dealkylation sites (tertiary alicyclic amines) is 1. The fraction of sp³-hybridized carbons (Fsp3) is 0.426. The van der Waals surface area contributed by atoms with Crippen LogP contribution < -0.4 is 31.3 Å². The molecule has 360 valence electrons. The smallest absolute Gasteiger partial charge is 0.453 e. The number of benzene rings is 2. The Labute approximate surface area is 391 Å². The lowest BCUT2D eigenvalue weighted by Crippen LogP contribution is -2.55. The van der Waals surface area contributed by atoms with Crippen molar-refractivity contribution in [3.05, 3.63) is 100 Å². The number of hydrogen-bond donors (Lipinski definition) is 7. The molecule has 3 aliphatic heterocycles. The number of nitrogens with one attached hydrogen (secondary N) is 5. The Hall–Kier alpha value is -6.15. The van der Waals surface area contributed by atoms with Gasteiger partial charge in [0.15, 0.2) is 0 Å². The average molecular weight is 954 g/mol. The molecular weight excluding hydrogens is 899 g/mol. The van der Waals surface area contributed by atoms with Crippen LogP contribution in [0.1, 0.15) is 56.0 Å². The maximum Gasteiger partial charge on any atom is 0.573 e. The molecule has 0 saturated carbocycles. The van der Waals surface area contributed by atoms with Gasteiger partial charge in [-0.25, -0.2) is 9.78 Å². The van der Waals surface area contributed by atoms with Gasteiger partial charge in [0.25, 0.3) is 5.91 Å². The molecule has 4 amide bonds. The quantitative estimate of drug-likeness (QED) is 0.0797. The number of amides is 4. The number of alkyl carbamates (subject to hydrolysis) is 1. The summed E-state index contributed by atoms with van der Waals surface area (Å²) in [5.74, 6) is -1.52. The van der Waals surface area contributed by atoms with Gasteiger partial charge in [0.2, 0.25) is 11.8 Å². The zero-order valence-corrected chi connectivity index (χ0v) is 38.2. The van der Waals surface area contributed by atoms with E-state index in [-0.39, 0.29) is 58.6 Å². The first-order chi connectivity index (χ1) is 31.9. The van der Waals surface area contributed by atoms with Crippen LogP contribution >= 0.6 is 11.6 Å². The second-order valence-corrected chi connectivity index (χ2v) is 17.5. The molecule has 0 bridgehead atoms. The first-order valence-electron chi connectivity index (χ1n) is 21.7. The van der Waals surface area contributed by atoms with Crippen molar-refractivity contribution in [2.24, 2.45) is 17.3 Å². The first kappa shape index (κ1) is 50.3.